The maximum atomic E-state index is 5.98. The minimum Gasteiger partial charge on any atom is -0.299 e. The van der Waals surface area contributed by atoms with Crippen molar-refractivity contribution in [2.24, 2.45) is 0 Å². The highest BCUT2D eigenvalue weighted by Crippen LogP contribution is 2.25. The fourth-order valence-corrected chi connectivity index (χ4v) is 3.38. The SMILES string of the molecule is CONC(=CCN1CCCC(c2ccccn2)C1)c1ccc(Cl)cc1. The molecule has 1 aliphatic heterocycles. The van der Waals surface area contributed by atoms with Crippen LogP contribution in [0, 0.1) is 0 Å². The highest BCUT2D eigenvalue weighted by Gasteiger charge is 2.21. The molecular weight excluding hydrogens is 334 g/mol. The van der Waals surface area contributed by atoms with Crippen molar-refractivity contribution in [2.45, 2.75) is 18.8 Å². The van der Waals surface area contributed by atoms with E-state index in [1.807, 2.05) is 36.5 Å². The number of hydroxylamine groups is 1. The van der Waals surface area contributed by atoms with Crippen molar-refractivity contribution in [3.05, 3.63) is 71.0 Å². The Morgan fingerprint density at radius 1 is 1.32 bits per heavy atom. The summed E-state index contributed by atoms with van der Waals surface area (Å²) in [7, 11) is 1.63. The summed E-state index contributed by atoms with van der Waals surface area (Å²) in [5, 5.41) is 0.731. The Morgan fingerprint density at radius 2 is 2.16 bits per heavy atom. The van der Waals surface area contributed by atoms with Gasteiger partial charge in [-0.15, -0.1) is 0 Å². The molecule has 0 aliphatic carbocycles. The molecule has 1 unspecified atom stereocenters. The molecule has 1 saturated heterocycles. The molecule has 1 aromatic heterocycles. The van der Waals surface area contributed by atoms with Crippen LogP contribution in [-0.2, 0) is 4.84 Å². The van der Waals surface area contributed by atoms with Crippen molar-refractivity contribution in [3.63, 3.8) is 0 Å². The molecule has 25 heavy (non-hydrogen) atoms. The van der Waals surface area contributed by atoms with Crippen molar-refractivity contribution in [2.75, 3.05) is 26.7 Å². The van der Waals surface area contributed by atoms with Crippen molar-refractivity contribution in [1.82, 2.24) is 15.4 Å². The van der Waals surface area contributed by atoms with Gasteiger partial charge in [-0.25, -0.2) is 0 Å². The summed E-state index contributed by atoms with van der Waals surface area (Å²) in [4.78, 5) is 12.1. The highest BCUT2D eigenvalue weighted by atomic mass is 35.5. The molecule has 0 radical (unpaired) electrons. The number of halogens is 1. The summed E-state index contributed by atoms with van der Waals surface area (Å²) >= 11 is 5.98. The predicted octanol–water partition coefficient (Wildman–Crippen LogP) is 4.11. The molecule has 0 spiro atoms. The van der Waals surface area contributed by atoms with E-state index in [-0.39, 0.29) is 0 Å². The van der Waals surface area contributed by atoms with E-state index < -0.39 is 0 Å². The maximum absolute atomic E-state index is 5.98. The van der Waals surface area contributed by atoms with Gasteiger partial charge in [0.15, 0.2) is 0 Å². The summed E-state index contributed by atoms with van der Waals surface area (Å²) in [6, 6.07) is 13.9. The van der Waals surface area contributed by atoms with E-state index >= 15 is 0 Å². The van der Waals surface area contributed by atoms with E-state index in [1.54, 1.807) is 7.11 Å². The van der Waals surface area contributed by atoms with Crippen molar-refractivity contribution >= 4 is 17.3 Å². The Balaban J connectivity index is 1.66. The van der Waals surface area contributed by atoms with Gasteiger partial charge >= 0.3 is 0 Å². The van der Waals surface area contributed by atoms with Crippen LogP contribution in [0.15, 0.2) is 54.7 Å². The average Bonchev–Trinajstić information content (AvgIpc) is 2.67. The Labute approximate surface area is 154 Å². The molecular formula is C20H24ClN3O. The van der Waals surface area contributed by atoms with Gasteiger partial charge in [-0.2, -0.15) is 0 Å². The third-order valence-corrected chi connectivity index (χ3v) is 4.78. The summed E-state index contributed by atoms with van der Waals surface area (Å²) in [5.41, 5.74) is 6.20. The predicted molar refractivity (Wildman–Crippen MR) is 102 cm³/mol. The number of hydrogen-bond acceptors (Lipinski definition) is 4. The largest absolute Gasteiger partial charge is 0.299 e. The number of pyridine rings is 1. The fraction of sp³-hybridized carbons (Fsp3) is 0.350. The van der Waals surface area contributed by atoms with Crippen LogP contribution in [0.2, 0.25) is 5.02 Å². The lowest BCUT2D eigenvalue weighted by Crippen LogP contribution is -2.35. The lowest BCUT2D eigenvalue weighted by atomic mass is 9.94. The topological polar surface area (TPSA) is 37.4 Å². The van der Waals surface area contributed by atoms with Crippen molar-refractivity contribution < 1.29 is 4.84 Å². The summed E-state index contributed by atoms with van der Waals surface area (Å²) < 4.78 is 0. The summed E-state index contributed by atoms with van der Waals surface area (Å²) in [6.45, 7) is 3.02. The summed E-state index contributed by atoms with van der Waals surface area (Å²) in [6.07, 6.45) is 6.46. The van der Waals surface area contributed by atoms with Gasteiger partial charge in [0.05, 0.1) is 12.8 Å². The minimum atomic E-state index is 0.512. The number of nitrogens with one attached hydrogen (secondary N) is 1. The quantitative estimate of drug-likeness (QED) is 0.789. The van der Waals surface area contributed by atoms with Crippen LogP contribution < -0.4 is 5.48 Å². The van der Waals surface area contributed by atoms with Crippen LogP contribution in [0.4, 0.5) is 0 Å². The highest BCUT2D eigenvalue weighted by molar-refractivity contribution is 6.30. The Morgan fingerprint density at radius 3 is 2.88 bits per heavy atom. The second-order valence-corrected chi connectivity index (χ2v) is 6.72. The third kappa shape index (κ3) is 5.05. The molecule has 2 heterocycles. The molecule has 0 saturated carbocycles. The van der Waals surface area contributed by atoms with E-state index in [0.29, 0.717) is 5.92 Å². The first kappa shape index (κ1) is 17.9. The summed E-state index contributed by atoms with van der Waals surface area (Å²) in [5.74, 6) is 0.512. The molecule has 0 bridgehead atoms. The molecule has 132 valence electrons. The Bertz CT molecular complexity index is 688. The molecule has 4 nitrogen and oxygen atoms in total. The number of hydrogen-bond donors (Lipinski definition) is 1. The molecule has 3 rings (SSSR count). The second-order valence-electron chi connectivity index (χ2n) is 6.28. The number of piperidine rings is 1. The lowest BCUT2D eigenvalue weighted by molar-refractivity contribution is 0.136. The van der Waals surface area contributed by atoms with E-state index in [1.165, 1.54) is 18.5 Å². The first-order chi connectivity index (χ1) is 12.3. The number of nitrogens with zero attached hydrogens (tertiary/aromatic N) is 2. The number of rotatable bonds is 6. The minimum absolute atomic E-state index is 0.512. The van der Waals surface area contributed by atoms with Crippen LogP contribution >= 0.6 is 11.6 Å². The van der Waals surface area contributed by atoms with Crippen LogP contribution in [0.25, 0.3) is 5.70 Å². The number of likely N-dealkylation sites (tertiary alicyclic amines) is 1. The first-order valence-electron chi connectivity index (χ1n) is 8.64. The van der Waals surface area contributed by atoms with Crippen molar-refractivity contribution in [3.8, 4) is 0 Å². The maximum Gasteiger partial charge on any atom is 0.0649 e. The van der Waals surface area contributed by atoms with Gasteiger partial charge in [0.25, 0.3) is 0 Å². The van der Waals surface area contributed by atoms with Gasteiger partial charge in [-0.1, -0.05) is 29.8 Å². The van der Waals surface area contributed by atoms with E-state index in [0.717, 1.165) is 35.9 Å². The Kier molecular flexibility index (Phi) is 6.45. The standard InChI is InChI=1S/C20H24ClN3O/c1-25-23-20(16-7-9-18(21)10-8-16)11-14-24-13-4-5-17(15-24)19-6-2-3-12-22-19/h2-3,6-12,17,23H,4-5,13-15H2,1H3. The van der Waals surface area contributed by atoms with Crippen LogP contribution in [0.1, 0.15) is 30.0 Å². The fourth-order valence-electron chi connectivity index (χ4n) is 3.26. The molecule has 5 heteroatoms. The Hall–Kier alpha value is -1.88. The van der Waals surface area contributed by atoms with E-state index in [9.17, 15) is 0 Å². The van der Waals surface area contributed by atoms with Gasteiger partial charge in [0, 0.05) is 35.9 Å². The molecule has 1 atom stereocenters. The average molecular weight is 358 g/mol. The number of benzene rings is 1. The third-order valence-electron chi connectivity index (χ3n) is 4.53. The van der Waals surface area contributed by atoms with E-state index in [4.69, 9.17) is 16.4 Å². The normalized spacial score (nSPS) is 19.0. The van der Waals surface area contributed by atoms with E-state index in [2.05, 4.69) is 33.6 Å². The molecule has 1 aliphatic rings. The van der Waals surface area contributed by atoms with Crippen molar-refractivity contribution in [1.29, 1.82) is 0 Å². The van der Waals surface area contributed by atoms with Crippen LogP contribution in [-0.4, -0.2) is 36.6 Å². The van der Waals surface area contributed by atoms with Crippen LogP contribution in [0.3, 0.4) is 0 Å². The molecule has 2 aromatic rings. The zero-order valence-corrected chi connectivity index (χ0v) is 15.2. The molecule has 1 N–H and O–H groups in total. The zero-order chi connectivity index (χ0) is 17.5. The van der Waals surface area contributed by atoms with Crippen LogP contribution in [0.5, 0.6) is 0 Å². The first-order valence-corrected chi connectivity index (χ1v) is 9.02. The van der Waals surface area contributed by atoms with Gasteiger partial charge in [0.1, 0.15) is 0 Å². The van der Waals surface area contributed by atoms with Gasteiger partial charge < -0.3 is 0 Å². The lowest BCUT2D eigenvalue weighted by Gasteiger charge is -2.31. The van der Waals surface area contributed by atoms with Gasteiger partial charge in [0.2, 0.25) is 0 Å². The second kappa shape index (κ2) is 8.99. The monoisotopic (exact) mass is 357 g/mol. The molecule has 1 aromatic carbocycles. The molecule has 0 amide bonds. The number of aromatic nitrogens is 1. The smallest absolute Gasteiger partial charge is 0.0649 e. The molecule has 1 fully saturated rings. The van der Waals surface area contributed by atoms with Gasteiger partial charge in [-0.05, 0) is 55.3 Å². The zero-order valence-electron chi connectivity index (χ0n) is 14.5. The van der Waals surface area contributed by atoms with Gasteiger partial charge in [-0.3, -0.25) is 20.2 Å².